The molecule has 2 N–H and O–H groups in total. The van der Waals surface area contributed by atoms with Crippen LogP contribution in [-0.2, 0) is 0 Å². The van der Waals surface area contributed by atoms with Crippen molar-refractivity contribution in [2.45, 2.75) is 6.10 Å². The van der Waals surface area contributed by atoms with Crippen LogP contribution in [0.4, 0.5) is 11.5 Å². The van der Waals surface area contributed by atoms with Crippen LogP contribution in [0.3, 0.4) is 0 Å². The lowest BCUT2D eigenvalue weighted by Gasteiger charge is -2.13. The van der Waals surface area contributed by atoms with Crippen LogP contribution in [0, 0.1) is 10.1 Å². The number of aliphatic hydroxyl groups excluding tert-OH is 1. The first kappa shape index (κ1) is 14.4. The zero-order valence-corrected chi connectivity index (χ0v) is 11.9. The van der Waals surface area contributed by atoms with Gasteiger partial charge in [-0.3, -0.25) is 10.1 Å². The maximum atomic E-state index is 10.6. The second-order valence-corrected chi connectivity index (χ2v) is 4.94. The van der Waals surface area contributed by atoms with Crippen LogP contribution in [0.15, 0.2) is 47.1 Å². The van der Waals surface area contributed by atoms with Gasteiger partial charge in [-0.05, 0) is 21.5 Å². The average molecular weight is 338 g/mol. The number of nitro groups is 1. The van der Waals surface area contributed by atoms with Gasteiger partial charge in [-0.25, -0.2) is 4.98 Å². The quantitative estimate of drug-likeness (QED) is 0.646. The molecule has 104 valence electrons. The smallest absolute Gasteiger partial charge is 0.288 e. The number of halogens is 1. The van der Waals surface area contributed by atoms with E-state index in [1.807, 2.05) is 30.3 Å². The average Bonchev–Trinajstić information content (AvgIpc) is 2.46. The summed E-state index contributed by atoms with van der Waals surface area (Å²) in [4.78, 5) is 14.0. The second kappa shape index (κ2) is 6.44. The first-order valence-electron chi connectivity index (χ1n) is 5.84. The Bertz CT molecular complexity index is 607. The SMILES string of the molecule is O=[N+]([O-])c1cnc(NC[C@@H](O)c2ccccc2)c(Br)c1. The summed E-state index contributed by atoms with van der Waals surface area (Å²) in [5.41, 5.74) is 0.698. The molecule has 1 aromatic heterocycles. The molecular weight excluding hydrogens is 326 g/mol. The third kappa shape index (κ3) is 3.52. The van der Waals surface area contributed by atoms with Gasteiger partial charge >= 0.3 is 0 Å². The zero-order chi connectivity index (χ0) is 14.5. The molecule has 0 radical (unpaired) electrons. The Labute approximate surface area is 123 Å². The molecule has 20 heavy (non-hydrogen) atoms. The number of aromatic nitrogens is 1. The fraction of sp³-hybridized carbons (Fsp3) is 0.154. The van der Waals surface area contributed by atoms with Gasteiger partial charge in [-0.2, -0.15) is 0 Å². The first-order valence-corrected chi connectivity index (χ1v) is 6.64. The van der Waals surface area contributed by atoms with E-state index in [0.717, 1.165) is 5.56 Å². The normalized spacial score (nSPS) is 11.9. The topological polar surface area (TPSA) is 88.3 Å². The van der Waals surface area contributed by atoms with Crippen LogP contribution in [0.2, 0.25) is 0 Å². The van der Waals surface area contributed by atoms with E-state index in [9.17, 15) is 15.2 Å². The number of aliphatic hydroxyl groups is 1. The van der Waals surface area contributed by atoms with Crippen molar-refractivity contribution in [1.82, 2.24) is 4.98 Å². The van der Waals surface area contributed by atoms with Crippen molar-refractivity contribution in [2.75, 3.05) is 11.9 Å². The van der Waals surface area contributed by atoms with Gasteiger partial charge < -0.3 is 10.4 Å². The van der Waals surface area contributed by atoms with Gasteiger partial charge in [-0.1, -0.05) is 30.3 Å². The van der Waals surface area contributed by atoms with Crippen LogP contribution in [0.25, 0.3) is 0 Å². The predicted octanol–water partition coefficient (Wildman–Crippen LogP) is 2.90. The van der Waals surface area contributed by atoms with Crippen molar-refractivity contribution >= 4 is 27.4 Å². The third-order valence-corrected chi connectivity index (χ3v) is 3.29. The molecule has 0 aliphatic carbocycles. The summed E-state index contributed by atoms with van der Waals surface area (Å²) in [6.07, 6.45) is 0.488. The van der Waals surface area contributed by atoms with Gasteiger partial charge in [0.1, 0.15) is 12.0 Å². The summed E-state index contributed by atoms with van der Waals surface area (Å²) in [7, 11) is 0. The van der Waals surface area contributed by atoms with E-state index in [-0.39, 0.29) is 12.2 Å². The number of hydrogen-bond acceptors (Lipinski definition) is 5. The molecule has 6 nitrogen and oxygen atoms in total. The number of anilines is 1. The Morgan fingerprint density at radius 3 is 2.70 bits per heavy atom. The van der Waals surface area contributed by atoms with Gasteiger partial charge in [0.05, 0.1) is 15.5 Å². The Balaban J connectivity index is 2.02. The minimum absolute atomic E-state index is 0.0916. The maximum Gasteiger partial charge on any atom is 0.288 e. The highest BCUT2D eigenvalue weighted by Crippen LogP contribution is 2.25. The van der Waals surface area contributed by atoms with Gasteiger partial charge in [0.15, 0.2) is 0 Å². The van der Waals surface area contributed by atoms with E-state index in [1.54, 1.807) is 0 Å². The van der Waals surface area contributed by atoms with Crippen molar-refractivity contribution in [3.63, 3.8) is 0 Å². The summed E-state index contributed by atoms with van der Waals surface area (Å²) in [5.74, 6) is 0.450. The molecule has 0 amide bonds. The van der Waals surface area contributed by atoms with Gasteiger partial charge in [-0.15, -0.1) is 0 Å². The largest absolute Gasteiger partial charge is 0.387 e. The van der Waals surface area contributed by atoms with E-state index in [1.165, 1.54) is 12.3 Å². The summed E-state index contributed by atoms with van der Waals surface area (Å²) in [6, 6.07) is 10.6. The number of nitrogens with zero attached hydrogens (tertiary/aromatic N) is 2. The molecule has 0 saturated heterocycles. The standard InChI is InChI=1S/C13H12BrN3O3/c14-11-6-10(17(19)20)7-15-13(11)16-8-12(18)9-4-2-1-3-5-9/h1-7,12,18H,8H2,(H,15,16)/t12-/m1/s1. The lowest BCUT2D eigenvalue weighted by atomic mass is 10.1. The molecule has 0 aliphatic heterocycles. The van der Waals surface area contributed by atoms with Gasteiger partial charge in [0, 0.05) is 12.6 Å². The Morgan fingerprint density at radius 2 is 2.10 bits per heavy atom. The summed E-state index contributed by atoms with van der Waals surface area (Å²) < 4.78 is 0.479. The summed E-state index contributed by atoms with van der Waals surface area (Å²) >= 11 is 3.21. The van der Waals surface area contributed by atoms with Crippen molar-refractivity contribution in [3.05, 3.63) is 62.7 Å². The third-order valence-electron chi connectivity index (χ3n) is 2.68. The monoisotopic (exact) mass is 337 g/mol. The molecule has 1 aromatic carbocycles. The molecule has 0 aliphatic rings. The van der Waals surface area contributed by atoms with Crippen molar-refractivity contribution in [3.8, 4) is 0 Å². The molecule has 0 unspecified atom stereocenters. The van der Waals surface area contributed by atoms with Crippen LogP contribution >= 0.6 is 15.9 Å². The molecule has 1 heterocycles. The fourth-order valence-corrected chi connectivity index (χ4v) is 2.12. The minimum Gasteiger partial charge on any atom is -0.387 e. The summed E-state index contributed by atoms with van der Waals surface area (Å²) in [5, 5.41) is 23.5. The second-order valence-electron chi connectivity index (χ2n) is 4.09. The van der Waals surface area contributed by atoms with Gasteiger partial charge in [0.25, 0.3) is 5.69 Å². The minimum atomic E-state index is -0.680. The summed E-state index contributed by atoms with van der Waals surface area (Å²) in [6.45, 7) is 0.257. The van der Waals surface area contributed by atoms with Crippen LogP contribution in [-0.4, -0.2) is 21.6 Å². The number of hydrogen-bond donors (Lipinski definition) is 2. The molecule has 2 aromatic rings. The van der Waals surface area contributed by atoms with Crippen molar-refractivity contribution in [2.24, 2.45) is 0 Å². The zero-order valence-electron chi connectivity index (χ0n) is 10.4. The lowest BCUT2D eigenvalue weighted by Crippen LogP contribution is -2.13. The first-order chi connectivity index (χ1) is 9.58. The van der Waals surface area contributed by atoms with Crippen molar-refractivity contribution < 1.29 is 10.0 Å². The lowest BCUT2D eigenvalue weighted by molar-refractivity contribution is -0.385. The highest BCUT2D eigenvalue weighted by molar-refractivity contribution is 9.10. The molecule has 2 rings (SSSR count). The van der Waals surface area contributed by atoms with Crippen LogP contribution in [0.5, 0.6) is 0 Å². The molecule has 0 bridgehead atoms. The molecular formula is C13H12BrN3O3. The van der Waals surface area contributed by atoms with Gasteiger partial charge in [0.2, 0.25) is 0 Å². The number of nitrogens with one attached hydrogen (secondary N) is 1. The molecule has 1 atom stereocenters. The maximum absolute atomic E-state index is 10.6. The Hall–Kier alpha value is -1.99. The Morgan fingerprint density at radius 1 is 1.40 bits per heavy atom. The number of pyridine rings is 1. The molecule has 0 fully saturated rings. The molecule has 7 heteroatoms. The van der Waals surface area contributed by atoms with E-state index in [0.29, 0.717) is 10.3 Å². The molecule has 0 saturated carbocycles. The van der Waals surface area contributed by atoms with Crippen molar-refractivity contribution in [1.29, 1.82) is 0 Å². The highest BCUT2D eigenvalue weighted by atomic mass is 79.9. The number of benzene rings is 1. The predicted molar refractivity (Wildman–Crippen MR) is 78.5 cm³/mol. The fourth-order valence-electron chi connectivity index (χ4n) is 1.64. The number of rotatable bonds is 5. The molecule has 0 spiro atoms. The van der Waals surface area contributed by atoms with Crippen LogP contribution in [0.1, 0.15) is 11.7 Å². The van der Waals surface area contributed by atoms with E-state index in [4.69, 9.17) is 0 Å². The Kier molecular flexibility index (Phi) is 4.65. The highest BCUT2D eigenvalue weighted by Gasteiger charge is 2.12. The van der Waals surface area contributed by atoms with E-state index in [2.05, 4.69) is 26.2 Å². The van der Waals surface area contributed by atoms with E-state index < -0.39 is 11.0 Å². The van der Waals surface area contributed by atoms with E-state index >= 15 is 0 Å². The van der Waals surface area contributed by atoms with Crippen LogP contribution < -0.4 is 5.32 Å².